The van der Waals surface area contributed by atoms with Crippen LogP contribution in [0.4, 0.5) is 10.7 Å². The zero-order valence-electron chi connectivity index (χ0n) is 34.3. The Morgan fingerprint density at radius 2 is 1.31 bits per heavy atom. The van der Waals surface area contributed by atoms with Crippen LogP contribution in [-0.2, 0) is 86.9 Å². The Bertz CT molecular complexity index is 2690. The van der Waals surface area contributed by atoms with Crippen LogP contribution in [0.15, 0.2) is 102 Å². The number of nitrogens with one attached hydrogen (secondary N) is 2. The number of benzene rings is 3. The number of carbonyl (C=O) groups excluding carboxylic acids is 2. The van der Waals surface area contributed by atoms with Crippen molar-refractivity contribution in [3.63, 3.8) is 0 Å². The summed E-state index contributed by atoms with van der Waals surface area (Å²) in [5.74, 6) is -1.10. The van der Waals surface area contributed by atoms with Crippen LogP contribution < -0.4 is 10.9 Å². The lowest BCUT2D eigenvalue weighted by Crippen LogP contribution is -2.60. The SMILES string of the molecule is CC(=O)O[C@H]1[C@@H](OCc2ccccc2)[C@H](OCc2ccccc2)[C@H](OC[C@H]2O[C@@H](n3cnc4c(=O)[nH]c(NC(=O)OCc5ccccc5)nc43)[C@H](OS(=O)(=O)O)[C@@H]2OS(=O)(=O)O)O[C@H]1C. The van der Waals surface area contributed by atoms with Crippen LogP contribution in [0, 0.1) is 0 Å². The number of hydrogen-bond acceptors (Lipinski definition) is 18. The van der Waals surface area contributed by atoms with Gasteiger partial charge in [-0.1, -0.05) is 91.0 Å². The van der Waals surface area contributed by atoms with Gasteiger partial charge in [-0.15, -0.1) is 0 Å². The Morgan fingerprint density at radius 1 is 0.754 bits per heavy atom. The van der Waals surface area contributed by atoms with Crippen molar-refractivity contribution in [2.75, 3.05) is 11.9 Å². The third kappa shape index (κ3) is 12.6. The fourth-order valence-corrected chi connectivity index (χ4v) is 8.14. The minimum absolute atomic E-state index is 0.0245. The van der Waals surface area contributed by atoms with Crippen molar-refractivity contribution in [2.24, 2.45) is 0 Å². The highest BCUT2D eigenvalue weighted by atomic mass is 32.3. The highest BCUT2D eigenvalue weighted by Gasteiger charge is 2.54. The maximum absolute atomic E-state index is 13.1. The van der Waals surface area contributed by atoms with E-state index in [-0.39, 0.29) is 31.0 Å². The molecule has 0 radical (unpaired) electrons. The van der Waals surface area contributed by atoms with Crippen LogP contribution >= 0.6 is 0 Å². The quantitative estimate of drug-likeness (QED) is 0.0725. The molecule has 4 N–H and O–H groups in total. The molecule has 2 saturated heterocycles. The first-order valence-electron chi connectivity index (χ1n) is 19.7. The molecule has 4 heterocycles. The molecule has 5 aromatic rings. The number of anilines is 1. The Labute approximate surface area is 370 Å². The lowest BCUT2D eigenvalue weighted by Gasteiger charge is -2.44. The molecule has 348 valence electrons. The first kappa shape index (κ1) is 47.3. The van der Waals surface area contributed by atoms with Crippen LogP contribution in [-0.4, -0.2) is 113 Å². The van der Waals surface area contributed by atoms with Crippen molar-refractivity contribution >= 4 is 50.0 Å². The van der Waals surface area contributed by atoms with E-state index in [9.17, 15) is 40.3 Å². The van der Waals surface area contributed by atoms with Crippen molar-refractivity contribution in [1.82, 2.24) is 19.5 Å². The van der Waals surface area contributed by atoms with Crippen molar-refractivity contribution in [3.8, 4) is 0 Å². The fourth-order valence-electron chi connectivity index (χ4n) is 7.14. The highest BCUT2D eigenvalue weighted by Crippen LogP contribution is 2.38. The number of ether oxygens (including phenoxy) is 7. The van der Waals surface area contributed by atoms with Gasteiger partial charge in [-0.25, -0.2) is 18.1 Å². The summed E-state index contributed by atoms with van der Waals surface area (Å²) in [4.78, 5) is 48.7. The van der Waals surface area contributed by atoms with Gasteiger partial charge in [0.15, 0.2) is 35.9 Å². The van der Waals surface area contributed by atoms with E-state index in [1.165, 1.54) is 6.92 Å². The number of imidazole rings is 1. The number of amides is 1. The molecular weight excluding hydrogens is 903 g/mol. The molecule has 0 unspecified atom stereocenters. The van der Waals surface area contributed by atoms with Gasteiger partial charge < -0.3 is 33.2 Å². The Balaban J connectivity index is 1.19. The number of carbonyl (C=O) groups is 2. The molecule has 7 rings (SSSR count). The molecule has 65 heavy (non-hydrogen) atoms. The molecule has 9 atom stereocenters. The molecule has 3 aromatic carbocycles. The summed E-state index contributed by atoms with van der Waals surface area (Å²) in [6.45, 7) is 1.92. The van der Waals surface area contributed by atoms with Crippen molar-refractivity contribution in [3.05, 3.63) is 124 Å². The van der Waals surface area contributed by atoms with E-state index in [1.807, 2.05) is 36.4 Å². The number of aromatic nitrogens is 4. The highest BCUT2D eigenvalue weighted by molar-refractivity contribution is 7.81. The second-order valence-corrected chi connectivity index (χ2v) is 16.7. The molecule has 0 saturated carbocycles. The predicted molar refractivity (Wildman–Crippen MR) is 221 cm³/mol. The normalized spacial score (nSPS) is 24.7. The standard InChI is InChI=1S/C40H43N5O18S2/c1-23-30(60-24(2)46)32(55-18-25-12-6-3-7-13-25)34(56-19-26-14-8-4-9-15-26)38(59-23)57-21-28-31(62-64(49,50)51)33(63-65(52,53)54)37(61-28)45-22-41-29-35(45)42-39(43-36(29)47)44-40(48)58-20-27-16-10-5-11-17-27/h3-17,22-23,28,30-34,37-38H,18-21H2,1-2H3,(H,49,50,51)(H,52,53,54)(H2,42,43,44,47,48)/t23-,28+,30+,31+,32+,33+,34-,37+,38+/m0/s1. The summed E-state index contributed by atoms with van der Waals surface area (Å²) in [6.07, 6.45) is -13.6. The molecule has 0 spiro atoms. The van der Waals surface area contributed by atoms with Crippen LogP contribution in [0.25, 0.3) is 11.2 Å². The minimum Gasteiger partial charge on any atom is -0.457 e. The van der Waals surface area contributed by atoms with Gasteiger partial charge in [0.25, 0.3) is 5.56 Å². The number of rotatable bonds is 18. The summed E-state index contributed by atoms with van der Waals surface area (Å²) in [6, 6.07) is 26.7. The van der Waals surface area contributed by atoms with E-state index in [0.29, 0.717) is 5.56 Å². The topological polar surface area (TPSA) is 302 Å². The van der Waals surface area contributed by atoms with E-state index < -0.39 is 106 Å². The van der Waals surface area contributed by atoms with E-state index in [2.05, 4.69) is 20.3 Å². The largest absolute Gasteiger partial charge is 0.457 e. The summed E-state index contributed by atoms with van der Waals surface area (Å²) >= 11 is 0. The van der Waals surface area contributed by atoms with Gasteiger partial charge in [-0.05, 0) is 23.6 Å². The van der Waals surface area contributed by atoms with Crippen molar-refractivity contribution in [2.45, 2.75) is 88.9 Å². The molecule has 1 amide bonds. The van der Waals surface area contributed by atoms with E-state index >= 15 is 0 Å². The van der Waals surface area contributed by atoms with Crippen LogP contribution in [0.1, 0.15) is 36.8 Å². The summed E-state index contributed by atoms with van der Waals surface area (Å²) in [7, 11) is -10.9. The van der Waals surface area contributed by atoms with Crippen molar-refractivity contribution < 1.29 is 77.1 Å². The third-order valence-electron chi connectivity index (χ3n) is 9.92. The number of H-pyrrole nitrogens is 1. The van der Waals surface area contributed by atoms with Gasteiger partial charge in [0.05, 0.1) is 32.3 Å². The second-order valence-electron chi connectivity index (χ2n) is 14.6. The number of aromatic amines is 1. The van der Waals surface area contributed by atoms with E-state index in [1.54, 1.807) is 61.5 Å². The van der Waals surface area contributed by atoms with Crippen LogP contribution in [0.2, 0.25) is 0 Å². The smallest absolute Gasteiger partial charge is 0.414 e. The van der Waals surface area contributed by atoms with Gasteiger partial charge in [0.1, 0.15) is 31.0 Å². The first-order valence-corrected chi connectivity index (χ1v) is 22.4. The number of fused-ring (bicyclic) bond motifs is 1. The fraction of sp³-hybridized carbons (Fsp3) is 0.375. The summed E-state index contributed by atoms with van der Waals surface area (Å²) in [5, 5.41) is 2.27. The van der Waals surface area contributed by atoms with Crippen LogP contribution in [0.3, 0.4) is 0 Å². The number of nitrogens with zero attached hydrogens (tertiary/aromatic N) is 3. The monoisotopic (exact) mass is 945 g/mol. The molecule has 2 aliphatic rings. The summed E-state index contributed by atoms with van der Waals surface area (Å²) < 4.78 is 122. The van der Waals surface area contributed by atoms with E-state index in [0.717, 1.165) is 22.0 Å². The number of esters is 1. The molecule has 25 heteroatoms. The Kier molecular flexibility index (Phi) is 15.0. The second kappa shape index (κ2) is 20.6. The predicted octanol–water partition coefficient (Wildman–Crippen LogP) is 3.01. The average Bonchev–Trinajstić information content (AvgIpc) is 3.82. The molecule has 2 aromatic heterocycles. The maximum Gasteiger partial charge on any atom is 0.414 e. The Hall–Kier alpha value is -5.71. The molecule has 0 aliphatic carbocycles. The lowest BCUT2D eigenvalue weighted by molar-refractivity contribution is -0.318. The van der Waals surface area contributed by atoms with Gasteiger partial charge in [-0.2, -0.15) is 21.8 Å². The number of hydrogen-bond donors (Lipinski definition) is 4. The van der Waals surface area contributed by atoms with Gasteiger partial charge in [0.2, 0.25) is 5.95 Å². The zero-order valence-corrected chi connectivity index (χ0v) is 36.0. The maximum atomic E-state index is 13.1. The zero-order chi connectivity index (χ0) is 46.3. The molecule has 23 nitrogen and oxygen atoms in total. The van der Waals surface area contributed by atoms with Gasteiger partial charge in [-0.3, -0.25) is 33.6 Å². The van der Waals surface area contributed by atoms with Crippen molar-refractivity contribution in [1.29, 1.82) is 0 Å². The van der Waals surface area contributed by atoms with E-state index in [4.69, 9.17) is 41.5 Å². The minimum atomic E-state index is -5.47. The molecular formula is C40H43N5O18S2. The van der Waals surface area contributed by atoms with Crippen LogP contribution in [0.5, 0.6) is 0 Å². The molecule has 0 bridgehead atoms. The molecule has 2 fully saturated rings. The van der Waals surface area contributed by atoms with Gasteiger partial charge in [0, 0.05) is 6.92 Å². The first-order chi connectivity index (χ1) is 31.0. The Morgan fingerprint density at radius 3 is 1.88 bits per heavy atom. The van der Waals surface area contributed by atoms with Gasteiger partial charge >= 0.3 is 32.9 Å². The average molecular weight is 946 g/mol. The molecule has 2 aliphatic heterocycles. The third-order valence-corrected chi connectivity index (χ3v) is 10.8. The lowest BCUT2D eigenvalue weighted by atomic mass is 9.98. The summed E-state index contributed by atoms with van der Waals surface area (Å²) in [5.41, 5.74) is 0.505.